The van der Waals surface area contributed by atoms with Gasteiger partial charge in [0.25, 0.3) is 0 Å². The van der Waals surface area contributed by atoms with Crippen LogP contribution in [0.25, 0.3) is 0 Å². The maximum Gasteiger partial charge on any atom is 0.162 e. The van der Waals surface area contributed by atoms with E-state index in [0.29, 0.717) is 19.3 Å². The fourth-order valence-corrected chi connectivity index (χ4v) is 7.18. The number of fused-ring (bicyclic) bond motifs is 5. The Morgan fingerprint density at radius 3 is 2.77 bits per heavy atom. The van der Waals surface area contributed by atoms with Gasteiger partial charge in [0.15, 0.2) is 11.6 Å². The Hall–Kier alpha value is -1.33. The van der Waals surface area contributed by atoms with Crippen LogP contribution in [0.2, 0.25) is 0 Å². The summed E-state index contributed by atoms with van der Waals surface area (Å²) in [5, 5.41) is 20.5. The predicted octanol–water partition coefficient (Wildman–Crippen LogP) is 1.85. The number of hydrogen-bond donors (Lipinski definition) is 2. The third kappa shape index (κ3) is 2.26. The molecule has 4 aliphatic carbocycles. The van der Waals surface area contributed by atoms with Gasteiger partial charge in [-0.3, -0.25) is 9.59 Å². The largest absolute Gasteiger partial charge is 0.393 e. The molecule has 0 unspecified atom stereocenters. The number of Topliss-reactive ketones (excluding diaryl/α,β-unsaturated/α-hetero) is 1. The Balaban J connectivity index is 1.74. The van der Waals surface area contributed by atoms with E-state index >= 15 is 0 Å². The van der Waals surface area contributed by atoms with Crippen molar-refractivity contribution >= 4 is 17.9 Å². The topological polar surface area (TPSA) is 91.7 Å². The highest BCUT2D eigenvalue weighted by atomic mass is 16.3. The van der Waals surface area contributed by atoms with Gasteiger partial charge in [-0.1, -0.05) is 12.5 Å². The van der Waals surface area contributed by atoms with Crippen LogP contribution >= 0.6 is 0 Å². The van der Waals surface area contributed by atoms with E-state index in [2.05, 4.69) is 6.92 Å². The SMILES string of the molecule is C[C@]12CCC(=O)C=C1CC[C@H]1[C@H]2[C@H](O)C[C@]2(C=O)[C@@H]1CC[C@H]2C(=O)CO. The van der Waals surface area contributed by atoms with Crippen LogP contribution in [0.3, 0.4) is 0 Å². The smallest absolute Gasteiger partial charge is 0.162 e. The molecule has 5 nitrogen and oxygen atoms in total. The molecule has 7 atom stereocenters. The van der Waals surface area contributed by atoms with E-state index < -0.39 is 24.0 Å². The lowest BCUT2D eigenvalue weighted by Crippen LogP contribution is -2.58. The molecular weight excluding hydrogens is 332 g/mol. The molecular formula is C21H28O5. The number of carbonyl (C=O) groups is 3. The molecule has 0 aromatic rings. The molecule has 0 saturated heterocycles. The summed E-state index contributed by atoms with van der Waals surface area (Å²) in [5.74, 6) is -0.241. The molecule has 142 valence electrons. The highest BCUT2D eigenvalue weighted by molar-refractivity contribution is 5.91. The Morgan fingerprint density at radius 1 is 1.31 bits per heavy atom. The summed E-state index contributed by atoms with van der Waals surface area (Å²) >= 11 is 0. The summed E-state index contributed by atoms with van der Waals surface area (Å²) in [4.78, 5) is 36.4. The van der Waals surface area contributed by atoms with Gasteiger partial charge in [-0.15, -0.1) is 0 Å². The van der Waals surface area contributed by atoms with E-state index in [0.717, 1.165) is 37.5 Å². The summed E-state index contributed by atoms with van der Waals surface area (Å²) in [7, 11) is 0. The van der Waals surface area contributed by atoms with Gasteiger partial charge < -0.3 is 15.0 Å². The molecule has 0 bridgehead atoms. The zero-order chi connectivity index (χ0) is 18.7. The third-order valence-electron chi connectivity index (χ3n) is 8.27. The molecule has 2 N–H and O–H groups in total. The van der Waals surface area contributed by atoms with E-state index in [4.69, 9.17) is 0 Å². The molecule has 3 saturated carbocycles. The molecule has 4 aliphatic rings. The first-order chi connectivity index (χ1) is 12.4. The first-order valence-corrected chi connectivity index (χ1v) is 9.89. The molecule has 0 radical (unpaired) electrons. The monoisotopic (exact) mass is 360 g/mol. The molecule has 0 spiro atoms. The van der Waals surface area contributed by atoms with Gasteiger partial charge in [0.1, 0.15) is 12.9 Å². The first kappa shape index (κ1) is 18.1. The van der Waals surface area contributed by atoms with E-state index in [1.54, 1.807) is 6.08 Å². The molecule has 0 aromatic carbocycles. The normalized spacial score (nSPS) is 47.4. The Kier molecular flexibility index (Phi) is 4.23. The van der Waals surface area contributed by atoms with Crippen LogP contribution in [-0.4, -0.2) is 40.8 Å². The van der Waals surface area contributed by atoms with Crippen molar-refractivity contribution in [3.05, 3.63) is 11.6 Å². The van der Waals surface area contributed by atoms with Gasteiger partial charge >= 0.3 is 0 Å². The molecule has 0 aliphatic heterocycles. The summed E-state index contributed by atoms with van der Waals surface area (Å²) < 4.78 is 0. The number of allylic oxidation sites excluding steroid dienone is 1. The number of aldehydes is 1. The lowest BCUT2D eigenvalue weighted by Gasteiger charge is -2.59. The first-order valence-electron chi connectivity index (χ1n) is 9.89. The minimum atomic E-state index is -0.831. The minimum Gasteiger partial charge on any atom is -0.393 e. The van der Waals surface area contributed by atoms with Crippen molar-refractivity contribution in [3.8, 4) is 0 Å². The molecule has 26 heavy (non-hydrogen) atoms. The molecule has 0 heterocycles. The zero-order valence-corrected chi connectivity index (χ0v) is 15.3. The average molecular weight is 360 g/mol. The minimum absolute atomic E-state index is 0.0386. The fourth-order valence-electron chi connectivity index (χ4n) is 7.18. The second-order valence-electron chi connectivity index (χ2n) is 9.14. The number of aliphatic hydroxyl groups is 2. The Labute approximate surface area is 153 Å². The summed E-state index contributed by atoms with van der Waals surface area (Å²) in [6.07, 6.45) is 6.75. The van der Waals surface area contributed by atoms with Gasteiger partial charge in [-0.25, -0.2) is 0 Å². The van der Waals surface area contributed by atoms with Gasteiger partial charge in [0.05, 0.1) is 6.10 Å². The molecule has 5 heteroatoms. The number of aliphatic hydroxyl groups excluding tert-OH is 2. The van der Waals surface area contributed by atoms with Crippen molar-refractivity contribution in [1.29, 1.82) is 0 Å². The highest BCUT2D eigenvalue weighted by Gasteiger charge is 2.64. The van der Waals surface area contributed by atoms with Crippen molar-refractivity contribution in [2.75, 3.05) is 6.61 Å². The summed E-state index contributed by atoms with van der Waals surface area (Å²) in [6, 6.07) is 0. The van der Waals surface area contributed by atoms with Crippen molar-refractivity contribution in [1.82, 2.24) is 0 Å². The molecule has 3 fully saturated rings. The van der Waals surface area contributed by atoms with Crippen molar-refractivity contribution in [3.63, 3.8) is 0 Å². The van der Waals surface area contributed by atoms with Crippen LogP contribution in [0.4, 0.5) is 0 Å². The van der Waals surface area contributed by atoms with E-state index in [-0.39, 0.29) is 34.7 Å². The lowest BCUT2D eigenvalue weighted by atomic mass is 9.45. The second-order valence-corrected chi connectivity index (χ2v) is 9.14. The van der Waals surface area contributed by atoms with Crippen molar-refractivity contribution < 1.29 is 24.6 Å². The Morgan fingerprint density at radius 2 is 2.08 bits per heavy atom. The molecule has 4 rings (SSSR count). The van der Waals surface area contributed by atoms with E-state index in [1.807, 2.05) is 0 Å². The van der Waals surface area contributed by atoms with Crippen LogP contribution in [0.5, 0.6) is 0 Å². The lowest BCUT2D eigenvalue weighted by molar-refractivity contribution is -0.157. The van der Waals surface area contributed by atoms with Crippen LogP contribution in [0, 0.1) is 34.5 Å². The van der Waals surface area contributed by atoms with Crippen LogP contribution < -0.4 is 0 Å². The second kappa shape index (κ2) is 6.10. The van der Waals surface area contributed by atoms with Crippen LogP contribution in [0.1, 0.15) is 51.9 Å². The average Bonchev–Trinajstić information content (AvgIpc) is 3.00. The maximum atomic E-state index is 12.3. The fraction of sp³-hybridized carbons (Fsp3) is 0.762. The molecule has 0 aromatic heterocycles. The number of carbonyl (C=O) groups excluding carboxylic acids is 3. The molecule has 0 amide bonds. The standard InChI is InChI=1S/C21H28O5/c1-20-7-6-13(24)8-12(20)2-3-14-15-4-5-16(18(26)10-22)21(15,11-23)9-17(25)19(14)20/h8,11,14-17,19,22,25H,2-7,9-10H2,1H3/t14-,15-,16+,17-,19+,20+,21+/m1/s1. The van der Waals surface area contributed by atoms with Gasteiger partial charge in [-0.05, 0) is 67.8 Å². The predicted molar refractivity (Wildman–Crippen MR) is 94.1 cm³/mol. The highest BCUT2D eigenvalue weighted by Crippen LogP contribution is 2.66. The van der Waals surface area contributed by atoms with Gasteiger partial charge in [-0.2, -0.15) is 0 Å². The number of rotatable bonds is 3. The quantitative estimate of drug-likeness (QED) is 0.750. The van der Waals surface area contributed by atoms with Gasteiger partial charge in [0, 0.05) is 17.8 Å². The summed E-state index contributed by atoms with van der Waals surface area (Å²) in [6.45, 7) is 1.63. The van der Waals surface area contributed by atoms with Crippen LogP contribution in [0.15, 0.2) is 11.6 Å². The third-order valence-corrected chi connectivity index (χ3v) is 8.27. The van der Waals surface area contributed by atoms with E-state index in [9.17, 15) is 24.6 Å². The maximum absolute atomic E-state index is 12.3. The van der Waals surface area contributed by atoms with Crippen molar-refractivity contribution in [2.24, 2.45) is 34.5 Å². The summed E-state index contributed by atoms with van der Waals surface area (Å²) in [5.41, 5.74) is 0.140. The van der Waals surface area contributed by atoms with E-state index in [1.165, 1.54) is 0 Å². The Bertz CT molecular complexity index is 682. The zero-order valence-electron chi connectivity index (χ0n) is 15.3. The number of hydrogen-bond acceptors (Lipinski definition) is 5. The number of ketones is 2. The van der Waals surface area contributed by atoms with Gasteiger partial charge in [0.2, 0.25) is 0 Å². The van der Waals surface area contributed by atoms with Crippen LogP contribution in [-0.2, 0) is 14.4 Å². The van der Waals surface area contributed by atoms with Crippen molar-refractivity contribution in [2.45, 2.75) is 58.0 Å².